The molecule has 3 rings (SSSR count). The van der Waals surface area contributed by atoms with Gasteiger partial charge in [0.15, 0.2) is 23.0 Å². The van der Waals surface area contributed by atoms with E-state index in [1.165, 1.54) is 11.8 Å². The number of benzene rings is 2. The predicted octanol–water partition coefficient (Wildman–Crippen LogP) is 3.99. The van der Waals surface area contributed by atoms with Crippen LogP contribution in [0, 0.1) is 0 Å². The number of nitrogens with zero attached hydrogens (tertiary/aromatic N) is 1. The third-order valence-electron chi connectivity index (χ3n) is 4.96. The van der Waals surface area contributed by atoms with Crippen LogP contribution in [-0.2, 0) is 16.0 Å². The van der Waals surface area contributed by atoms with Gasteiger partial charge in [-0.1, -0.05) is 34.1 Å². The smallest absolute Gasteiger partial charge is 0.290 e. The lowest BCUT2D eigenvalue weighted by atomic mass is 9.96. The first kappa shape index (κ1) is 20.9. The van der Waals surface area contributed by atoms with Gasteiger partial charge in [0.1, 0.15) is 0 Å². The average Bonchev–Trinajstić information content (AvgIpc) is 2.97. The zero-order chi connectivity index (χ0) is 21.1. The summed E-state index contributed by atoms with van der Waals surface area (Å²) in [6.45, 7) is 1.69. The van der Waals surface area contributed by atoms with Crippen LogP contribution in [0.15, 0.2) is 58.3 Å². The second-order valence-corrected chi connectivity index (χ2v) is 7.63. The van der Waals surface area contributed by atoms with Gasteiger partial charge in [-0.3, -0.25) is 9.59 Å². The van der Waals surface area contributed by atoms with E-state index in [4.69, 9.17) is 9.47 Å². The van der Waals surface area contributed by atoms with Crippen molar-refractivity contribution in [2.45, 2.75) is 19.4 Å². The van der Waals surface area contributed by atoms with E-state index in [-0.39, 0.29) is 11.4 Å². The normalized spacial score (nSPS) is 16.3. The molecule has 2 aromatic carbocycles. The Morgan fingerprint density at radius 2 is 1.76 bits per heavy atom. The van der Waals surface area contributed by atoms with Gasteiger partial charge in [0.25, 0.3) is 5.91 Å². The lowest BCUT2D eigenvalue weighted by Gasteiger charge is -2.26. The molecule has 0 aromatic heterocycles. The van der Waals surface area contributed by atoms with E-state index >= 15 is 0 Å². The fourth-order valence-corrected chi connectivity index (χ4v) is 3.79. The van der Waals surface area contributed by atoms with E-state index < -0.39 is 17.7 Å². The molecule has 1 heterocycles. The summed E-state index contributed by atoms with van der Waals surface area (Å²) in [5.41, 5.74) is 1.84. The van der Waals surface area contributed by atoms with Gasteiger partial charge in [0.2, 0.25) is 0 Å². The van der Waals surface area contributed by atoms with Crippen LogP contribution < -0.4 is 9.47 Å². The summed E-state index contributed by atoms with van der Waals surface area (Å²) >= 11 is 3.39. The molecule has 152 valence electrons. The maximum absolute atomic E-state index is 12.7. The Labute approximate surface area is 177 Å². The summed E-state index contributed by atoms with van der Waals surface area (Å²) in [5.74, 6) is -0.106. The van der Waals surface area contributed by atoms with E-state index in [0.29, 0.717) is 24.5 Å². The average molecular weight is 460 g/mol. The maximum atomic E-state index is 12.7. The minimum Gasteiger partial charge on any atom is -0.503 e. The molecule has 0 saturated heterocycles. The number of ether oxygens (including phenoxy) is 2. The third-order valence-corrected chi connectivity index (χ3v) is 5.49. The first-order valence-electron chi connectivity index (χ1n) is 9.08. The van der Waals surface area contributed by atoms with Crippen LogP contribution in [0.2, 0.25) is 0 Å². The van der Waals surface area contributed by atoms with Crippen molar-refractivity contribution in [2.75, 3.05) is 20.8 Å². The molecule has 0 aliphatic carbocycles. The molecule has 1 aliphatic rings. The molecule has 6 nitrogen and oxygen atoms in total. The summed E-state index contributed by atoms with van der Waals surface area (Å²) in [7, 11) is 3.14. The molecule has 2 aromatic rings. The molecule has 1 amide bonds. The molecular weight excluding hydrogens is 438 g/mol. The summed E-state index contributed by atoms with van der Waals surface area (Å²) in [6.07, 6.45) is 0.525. The van der Waals surface area contributed by atoms with Crippen molar-refractivity contribution in [2.24, 2.45) is 0 Å². The molecular formula is C22H22BrNO5. The summed E-state index contributed by atoms with van der Waals surface area (Å²) < 4.78 is 11.5. The first-order chi connectivity index (χ1) is 13.9. The lowest BCUT2D eigenvalue weighted by Crippen LogP contribution is -2.32. The minimum absolute atomic E-state index is 0.129. The Balaban J connectivity index is 1.89. The molecule has 0 radical (unpaired) electrons. The van der Waals surface area contributed by atoms with Crippen LogP contribution in [0.25, 0.3) is 0 Å². The summed E-state index contributed by atoms with van der Waals surface area (Å²) in [4.78, 5) is 26.5. The lowest BCUT2D eigenvalue weighted by molar-refractivity contribution is -0.129. The SMILES string of the molecule is COc1ccc(CCN2C(=O)C(O)=C(C(C)=O)C2c2ccc(Br)cc2)cc1OC. The summed E-state index contributed by atoms with van der Waals surface area (Å²) in [6, 6.07) is 12.3. The number of hydrogen-bond acceptors (Lipinski definition) is 5. The van der Waals surface area contributed by atoms with Crippen LogP contribution in [-0.4, -0.2) is 42.5 Å². The number of methoxy groups -OCH3 is 2. The van der Waals surface area contributed by atoms with E-state index in [1.54, 1.807) is 14.2 Å². The molecule has 7 heteroatoms. The second kappa shape index (κ2) is 8.69. The monoisotopic (exact) mass is 459 g/mol. The fraction of sp³-hybridized carbons (Fsp3) is 0.273. The van der Waals surface area contributed by atoms with Gasteiger partial charge in [-0.05, 0) is 48.7 Å². The van der Waals surface area contributed by atoms with Crippen molar-refractivity contribution >= 4 is 27.6 Å². The van der Waals surface area contributed by atoms with E-state index in [0.717, 1.165) is 15.6 Å². The van der Waals surface area contributed by atoms with Gasteiger partial charge in [-0.15, -0.1) is 0 Å². The minimum atomic E-state index is -0.617. The van der Waals surface area contributed by atoms with Crippen molar-refractivity contribution in [3.63, 3.8) is 0 Å². The molecule has 0 spiro atoms. The Morgan fingerprint density at radius 3 is 2.34 bits per heavy atom. The number of amides is 1. The zero-order valence-corrected chi connectivity index (χ0v) is 18.0. The van der Waals surface area contributed by atoms with Crippen LogP contribution in [0.4, 0.5) is 0 Å². The first-order valence-corrected chi connectivity index (χ1v) is 9.88. The van der Waals surface area contributed by atoms with E-state index in [1.807, 2.05) is 42.5 Å². The Morgan fingerprint density at radius 1 is 1.10 bits per heavy atom. The van der Waals surface area contributed by atoms with Gasteiger partial charge < -0.3 is 19.5 Å². The van der Waals surface area contributed by atoms with Crippen molar-refractivity contribution in [3.05, 3.63) is 69.4 Å². The largest absolute Gasteiger partial charge is 0.503 e. The number of Topliss-reactive ketones (excluding diaryl/α,β-unsaturated/α-hetero) is 1. The topological polar surface area (TPSA) is 76.1 Å². The third kappa shape index (κ3) is 4.15. The molecule has 0 saturated carbocycles. The van der Waals surface area contributed by atoms with Gasteiger partial charge in [-0.2, -0.15) is 0 Å². The second-order valence-electron chi connectivity index (χ2n) is 6.71. The molecule has 0 bridgehead atoms. The van der Waals surface area contributed by atoms with Crippen LogP contribution in [0.3, 0.4) is 0 Å². The molecule has 0 fully saturated rings. The van der Waals surface area contributed by atoms with Gasteiger partial charge in [-0.25, -0.2) is 0 Å². The highest BCUT2D eigenvalue weighted by Crippen LogP contribution is 2.38. The van der Waals surface area contributed by atoms with Gasteiger partial charge in [0.05, 0.1) is 25.8 Å². The van der Waals surface area contributed by atoms with Crippen molar-refractivity contribution in [1.82, 2.24) is 4.90 Å². The Hall–Kier alpha value is -2.80. The van der Waals surface area contributed by atoms with Crippen molar-refractivity contribution in [1.29, 1.82) is 0 Å². The molecule has 1 aliphatic heterocycles. The van der Waals surface area contributed by atoms with Crippen molar-refractivity contribution in [3.8, 4) is 11.5 Å². The van der Waals surface area contributed by atoms with E-state index in [9.17, 15) is 14.7 Å². The quantitative estimate of drug-likeness (QED) is 0.677. The predicted molar refractivity (Wildman–Crippen MR) is 112 cm³/mol. The number of halogens is 1. The Kier molecular flexibility index (Phi) is 6.27. The Bertz CT molecular complexity index is 968. The zero-order valence-electron chi connectivity index (χ0n) is 16.4. The summed E-state index contributed by atoms with van der Waals surface area (Å²) in [5, 5.41) is 10.4. The fourth-order valence-electron chi connectivity index (χ4n) is 3.52. The van der Waals surface area contributed by atoms with Gasteiger partial charge >= 0.3 is 0 Å². The van der Waals surface area contributed by atoms with Crippen molar-refractivity contribution < 1.29 is 24.2 Å². The van der Waals surface area contributed by atoms with Gasteiger partial charge in [0, 0.05) is 11.0 Å². The highest BCUT2D eigenvalue weighted by atomic mass is 79.9. The number of carbonyl (C=O) groups is 2. The molecule has 1 atom stereocenters. The number of aliphatic hydroxyl groups is 1. The van der Waals surface area contributed by atoms with Crippen LogP contribution in [0.1, 0.15) is 24.1 Å². The highest BCUT2D eigenvalue weighted by molar-refractivity contribution is 9.10. The number of carbonyl (C=O) groups excluding carboxylic acids is 2. The number of rotatable bonds is 7. The van der Waals surface area contributed by atoms with E-state index in [2.05, 4.69) is 15.9 Å². The van der Waals surface area contributed by atoms with Crippen LogP contribution in [0.5, 0.6) is 11.5 Å². The number of ketones is 1. The number of hydrogen-bond donors (Lipinski definition) is 1. The highest BCUT2D eigenvalue weighted by Gasteiger charge is 2.42. The molecule has 1 unspecified atom stereocenters. The standard InChI is InChI=1S/C22H22BrNO5/c1-13(25)19-20(15-5-7-16(23)8-6-15)24(22(27)21(19)26)11-10-14-4-9-17(28-2)18(12-14)29-3/h4-9,12,20,26H,10-11H2,1-3H3. The molecule has 29 heavy (non-hydrogen) atoms. The molecule has 1 N–H and O–H groups in total. The number of aliphatic hydroxyl groups excluding tert-OH is 1. The maximum Gasteiger partial charge on any atom is 0.290 e. The van der Waals surface area contributed by atoms with Crippen LogP contribution >= 0.6 is 15.9 Å².